The van der Waals surface area contributed by atoms with Crippen molar-refractivity contribution in [1.29, 1.82) is 0 Å². The molecule has 9 heteroatoms. The minimum absolute atomic E-state index is 0.188. The zero-order valence-corrected chi connectivity index (χ0v) is 17.1. The van der Waals surface area contributed by atoms with E-state index in [0.29, 0.717) is 22.8 Å². The van der Waals surface area contributed by atoms with Gasteiger partial charge in [0, 0.05) is 12.1 Å². The third-order valence-corrected chi connectivity index (χ3v) is 5.97. The van der Waals surface area contributed by atoms with Crippen LogP contribution in [-0.4, -0.2) is 40.4 Å². The lowest BCUT2D eigenvalue weighted by molar-refractivity contribution is -0.121. The second-order valence-corrected chi connectivity index (χ2v) is 9.18. The summed E-state index contributed by atoms with van der Waals surface area (Å²) in [5.74, 6) is -0.338. The van der Waals surface area contributed by atoms with Crippen LogP contribution in [0.2, 0.25) is 0 Å². The van der Waals surface area contributed by atoms with Gasteiger partial charge in [-0.25, -0.2) is 0 Å². The molecule has 1 saturated heterocycles. The number of rotatable bonds is 7. The van der Waals surface area contributed by atoms with E-state index in [4.69, 9.17) is 21.5 Å². The molecule has 0 saturated carbocycles. The molecule has 1 N–H and O–H groups in total. The Morgan fingerprint density at radius 1 is 1.11 bits per heavy atom. The van der Waals surface area contributed by atoms with E-state index in [1.807, 2.05) is 54.6 Å². The quantitative estimate of drug-likeness (QED) is 0.406. The maximum atomic E-state index is 12.6. The van der Waals surface area contributed by atoms with Crippen molar-refractivity contribution in [3.63, 3.8) is 0 Å². The molecule has 0 bridgehead atoms. The van der Waals surface area contributed by atoms with Gasteiger partial charge in [0.1, 0.15) is 16.7 Å². The maximum Gasteiger partial charge on any atom is 0.266 e. The molecular weight excluding hydrogens is 418 g/mol. The van der Waals surface area contributed by atoms with Gasteiger partial charge in [0.05, 0.1) is 10.7 Å². The second kappa shape index (κ2) is 8.87. The fourth-order valence-corrected chi connectivity index (χ4v) is 4.22. The van der Waals surface area contributed by atoms with Gasteiger partial charge in [-0.2, -0.15) is 8.42 Å². The number of amides is 1. The van der Waals surface area contributed by atoms with Crippen LogP contribution in [0.3, 0.4) is 0 Å². The predicted molar refractivity (Wildman–Crippen MR) is 114 cm³/mol. The van der Waals surface area contributed by atoms with E-state index >= 15 is 0 Å². The van der Waals surface area contributed by atoms with E-state index in [-0.39, 0.29) is 10.9 Å². The number of hydrogen-bond acceptors (Lipinski definition) is 6. The molecule has 1 fully saturated rings. The highest BCUT2D eigenvalue weighted by Gasteiger charge is 2.32. The zero-order valence-electron chi connectivity index (χ0n) is 14.6. The van der Waals surface area contributed by atoms with E-state index in [1.165, 1.54) is 4.90 Å². The third kappa shape index (κ3) is 5.41. The van der Waals surface area contributed by atoms with E-state index in [1.54, 1.807) is 6.08 Å². The molecule has 1 aliphatic rings. The molecule has 2 aromatic carbocycles. The van der Waals surface area contributed by atoms with Gasteiger partial charge < -0.3 is 4.74 Å². The van der Waals surface area contributed by atoms with Crippen LogP contribution in [0.25, 0.3) is 6.08 Å². The van der Waals surface area contributed by atoms with Crippen LogP contribution < -0.4 is 4.74 Å². The first-order valence-electron chi connectivity index (χ1n) is 8.30. The van der Waals surface area contributed by atoms with Crippen molar-refractivity contribution < 1.29 is 22.5 Å². The highest BCUT2D eigenvalue weighted by Crippen LogP contribution is 2.34. The number of nitrogens with zero attached hydrogens (tertiary/aromatic N) is 1. The van der Waals surface area contributed by atoms with Crippen molar-refractivity contribution in [3.05, 3.63) is 70.6 Å². The third-order valence-electron chi connectivity index (χ3n) is 3.89. The van der Waals surface area contributed by atoms with Gasteiger partial charge in [-0.1, -0.05) is 72.5 Å². The predicted octanol–water partition coefficient (Wildman–Crippen LogP) is 3.35. The van der Waals surface area contributed by atoms with Crippen LogP contribution in [0, 0.1) is 0 Å². The van der Waals surface area contributed by atoms with Gasteiger partial charge in [0.15, 0.2) is 0 Å². The molecule has 1 aliphatic heterocycles. The lowest BCUT2D eigenvalue weighted by Gasteiger charge is -2.12. The number of benzene rings is 2. The number of para-hydroxylation sites is 1. The number of thioether (sulfide) groups is 1. The molecule has 0 radical (unpaired) electrons. The van der Waals surface area contributed by atoms with Crippen LogP contribution in [0.5, 0.6) is 5.75 Å². The largest absolute Gasteiger partial charge is 0.488 e. The van der Waals surface area contributed by atoms with Gasteiger partial charge in [0.2, 0.25) is 0 Å². The summed E-state index contributed by atoms with van der Waals surface area (Å²) in [6, 6.07) is 17.0. The van der Waals surface area contributed by atoms with Crippen LogP contribution in [0.15, 0.2) is 59.5 Å². The van der Waals surface area contributed by atoms with Crippen molar-refractivity contribution in [2.45, 2.75) is 6.61 Å². The lowest BCUT2D eigenvalue weighted by Crippen LogP contribution is -2.32. The number of carbonyl (C=O) groups is 1. The molecular formula is C19H17NO5S3. The van der Waals surface area contributed by atoms with Crippen LogP contribution >= 0.6 is 24.0 Å². The van der Waals surface area contributed by atoms with Gasteiger partial charge in [-0.3, -0.25) is 14.2 Å². The molecule has 6 nitrogen and oxygen atoms in total. The van der Waals surface area contributed by atoms with Crippen molar-refractivity contribution in [3.8, 4) is 5.75 Å². The molecule has 0 aromatic heterocycles. The molecule has 28 heavy (non-hydrogen) atoms. The summed E-state index contributed by atoms with van der Waals surface area (Å²) in [6.45, 7) is 0.202. The van der Waals surface area contributed by atoms with Gasteiger partial charge in [-0.05, 0) is 17.7 Å². The Hall–Kier alpha value is -2.20. The topological polar surface area (TPSA) is 83.9 Å². The molecule has 0 atom stereocenters. The Kier molecular flexibility index (Phi) is 6.50. The molecule has 0 unspecified atom stereocenters. The van der Waals surface area contributed by atoms with Gasteiger partial charge in [0.25, 0.3) is 16.0 Å². The molecule has 0 spiro atoms. The normalized spacial score (nSPS) is 16.0. The summed E-state index contributed by atoms with van der Waals surface area (Å²) in [5.41, 5.74) is 1.74. The summed E-state index contributed by atoms with van der Waals surface area (Å²) in [6.07, 6.45) is 1.67. The maximum absolute atomic E-state index is 12.6. The first kappa shape index (κ1) is 20.5. The van der Waals surface area contributed by atoms with E-state index in [9.17, 15) is 13.2 Å². The Morgan fingerprint density at radius 2 is 1.79 bits per heavy atom. The Balaban J connectivity index is 1.76. The molecule has 0 aliphatic carbocycles. The standard InChI is InChI=1S/C19H17NO5S3/c21-18-17(27-19(26)20(18)10-11-28(22,23)24)12-15-8-4-5-9-16(15)25-13-14-6-2-1-3-7-14/h1-9,12H,10-11,13H2,(H,22,23,24). The summed E-state index contributed by atoms with van der Waals surface area (Å²) in [5, 5.41) is 0. The smallest absolute Gasteiger partial charge is 0.266 e. The summed E-state index contributed by atoms with van der Waals surface area (Å²) < 4.78 is 36.9. The highest BCUT2D eigenvalue weighted by molar-refractivity contribution is 8.26. The van der Waals surface area contributed by atoms with Crippen molar-refractivity contribution in [2.24, 2.45) is 0 Å². The van der Waals surface area contributed by atoms with Gasteiger partial charge in [-0.15, -0.1) is 0 Å². The average molecular weight is 436 g/mol. The molecule has 3 rings (SSSR count). The number of thiocarbonyl (C=S) groups is 1. The first-order chi connectivity index (χ1) is 13.3. The van der Waals surface area contributed by atoms with Crippen molar-refractivity contribution in [2.75, 3.05) is 12.3 Å². The Bertz CT molecular complexity index is 1020. The first-order valence-corrected chi connectivity index (χ1v) is 11.1. The molecule has 2 aromatic rings. The number of ether oxygens (including phenoxy) is 1. The van der Waals surface area contributed by atoms with Crippen LogP contribution in [0.1, 0.15) is 11.1 Å². The minimum atomic E-state index is -4.18. The number of hydrogen-bond donors (Lipinski definition) is 1. The fraction of sp³-hybridized carbons (Fsp3) is 0.158. The lowest BCUT2D eigenvalue weighted by atomic mass is 10.1. The minimum Gasteiger partial charge on any atom is -0.488 e. The fourth-order valence-electron chi connectivity index (χ4n) is 2.51. The Labute approximate surface area is 172 Å². The summed E-state index contributed by atoms with van der Waals surface area (Å²) in [4.78, 5) is 14.1. The highest BCUT2D eigenvalue weighted by atomic mass is 32.2. The average Bonchev–Trinajstić information content (AvgIpc) is 2.92. The molecule has 1 amide bonds. The molecule has 1 heterocycles. The van der Waals surface area contributed by atoms with E-state index < -0.39 is 21.8 Å². The number of carbonyl (C=O) groups excluding carboxylic acids is 1. The summed E-state index contributed by atoms with van der Waals surface area (Å²) >= 11 is 6.25. The van der Waals surface area contributed by atoms with Crippen LogP contribution in [0.4, 0.5) is 0 Å². The molecule has 146 valence electrons. The van der Waals surface area contributed by atoms with Crippen molar-refractivity contribution >= 4 is 50.4 Å². The SMILES string of the molecule is O=C1C(=Cc2ccccc2OCc2ccccc2)SC(=S)N1CCS(=O)(=O)O. The zero-order chi connectivity index (χ0) is 20.1. The second-order valence-electron chi connectivity index (χ2n) is 5.93. The van der Waals surface area contributed by atoms with Gasteiger partial charge >= 0.3 is 0 Å². The monoisotopic (exact) mass is 435 g/mol. The Morgan fingerprint density at radius 3 is 2.50 bits per heavy atom. The summed E-state index contributed by atoms with van der Waals surface area (Å²) in [7, 11) is -4.18. The van der Waals surface area contributed by atoms with Crippen molar-refractivity contribution in [1.82, 2.24) is 4.90 Å². The van der Waals surface area contributed by atoms with E-state index in [2.05, 4.69) is 0 Å². The van der Waals surface area contributed by atoms with E-state index in [0.717, 1.165) is 17.3 Å². The van der Waals surface area contributed by atoms with Crippen LogP contribution in [-0.2, 0) is 21.5 Å².